The fraction of sp³-hybridized carbons (Fsp3) is 0.417. The number of hydrogen-bond donors (Lipinski definition) is 1. The fourth-order valence-corrected chi connectivity index (χ4v) is 3.13. The molecule has 0 aliphatic rings. The monoisotopic (exact) mass is 297 g/mol. The third kappa shape index (κ3) is 3.36. The highest BCUT2D eigenvalue weighted by Crippen LogP contribution is 2.27. The number of aryl methyl sites for hydroxylation is 1. The lowest BCUT2D eigenvalue weighted by Crippen LogP contribution is -2.05. The van der Waals surface area contributed by atoms with E-state index >= 15 is 0 Å². The van der Waals surface area contributed by atoms with E-state index in [4.69, 9.17) is 0 Å². The number of thiophene rings is 1. The van der Waals surface area contributed by atoms with Crippen LogP contribution in [0.2, 0.25) is 0 Å². The Kier molecular flexibility index (Phi) is 4.98. The zero-order chi connectivity index (χ0) is 13.7. The smallest absolute Gasteiger partial charge is 0.358 e. The minimum atomic E-state index is -1.03. The van der Waals surface area contributed by atoms with Crippen LogP contribution in [0.25, 0.3) is 10.6 Å². The first-order valence-electron chi connectivity index (χ1n) is 6.02. The molecule has 0 atom stereocenters. The SMILES string of the molecule is CCSCCCn1nnc(C(=O)O)c1-c1cccs1. The van der Waals surface area contributed by atoms with Crippen LogP contribution in [0.1, 0.15) is 23.8 Å². The van der Waals surface area contributed by atoms with Gasteiger partial charge in [-0.05, 0) is 29.4 Å². The zero-order valence-electron chi connectivity index (χ0n) is 10.6. The second-order valence-electron chi connectivity index (χ2n) is 3.84. The average molecular weight is 297 g/mol. The number of rotatable bonds is 7. The molecular weight excluding hydrogens is 282 g/mol. The second kappa shape index (κ2) is 6.72. The fourth-order valence-electron chi connectivity index (χ4n) is 1.73. The highest BCUT2D eigenvalue weighted by molar-refractivity contribution is 7.99. The molecule has 0 unspecified atom stereocenters. The number of carboxylic acids is 1. The number of carbonyl (C=O) groups is 1. The van der Waals surface area contributed by atoms with E-state index < -0.39 is 5.97 Å². The summed E-state index contributed by atoms with van der Waals surface area (Å²) in [6, 6.07) is 3.79. The maximum Gasteiger partial charge on any atom is 0.358 e. The van der Waals surface area contributed by atoms with Gasteiger partial charge >= 0.3 is 5.97 Å². The largest absolute Gasteiger partial charge is 0.476 e. The van der Waals surface area contributed by atoms with Gasteiger partial charge in [0.25, 0.3) is 0 Å². The number of hydrogen-bond acceptors (Lipinski definition) is 5. The second-order valence-corrected chi connectivity index (χ2v) is 6.18. The van der Waals surface area contributed by atoms with Gasteiger partial charge in [-0.1, -0.05) is 18.2 Å². The van der Waals surface area contributed by atoms with Crippen LogP contribution >= 0.6 is 23.1 Å². The molecule has 2 aromatic rings. The summed E-state index contributed by atoms with van der Waals surface area (Å²) in [5.41, 5.74) is 0.648. The van der Waals surface area contributed by atoms with E-state index in [1.807, 2.05) is 29.3 Å². The van der Waals surface area contributed by atoms with Gasteiger partial charge < -0.3 is 5.11 Å². The van der Waals surface area contributed by atoms with Crippen LogP contribution in [0.3, 0.4) is 0 Å². The quantitative estimate of drug-likeness (QED) is 0.796. The first-order valence-corrected chi connectivity index (χ1v) is 8.06. The maximum absolute atomic E-state index is 11.2. The minimum Gasteiger partial charge on any atom is -0.476 e. The average Bonchev–Trinajstić information content (AvgIpc) is 3.02. The van der Waals surface area contributed by atoms with Crippen molar-refractivity contribution in [3.8, 4) is 10.6 Å². The topological polar surface area (TPSA) is 68.0 Å². The lowest BCUT2D eigenvalue weighted by atomic mass is 10.2. The van der Waals surface area contributed by atoms with Crippen molar-refractivity contribution >= 4 is 29.1 Å². The van der Waals surface area contributed by atoms with Crippen molar-refractivity contribution in [3.05, 3.63) is 23.2 Å². The summed E-state index contributed by atoms with van der Waals surface area (Å²) in [4.78, 5) is 12.1. The number of aromatic carboxylic acids is 1. The molecule has 7 heteroatoms. The maximum atomic E-state index is 11.2. The molecule has 0 radical (unpaired) electrons. The Morgan fingerprint density at radius 2 is 2.42 bits per heavy atom. The van der Waals surface area contributed by atoms with Crippen LogP contribution in [-0.2, 0) is 6.54 Å². The van der Waals surface area contributed by atoms with Gasteiger partial charge in [-0.2, -0.15) is 11.8 Å². The van der Waals surface area contributed by atoms with E-state index in [9.17, 15) is 9.90 Å². The van der Waals surface area contributed by atoms with E-state index in [-0.39, 0.29) is 5.69 Å². The molecule has 0 bridgehead atoms. The molecule has 0 aliphatic carbocycles. The van der Waals surface area contributed by atoms with E-state index in [1.54, 1.807) is 4.68 Å². The summed E-state index contributed by atoms with van der Waals surface area (Å²) in [5, 5.41) is 18.9. The highest BCUT2D eigenvalue weighted by atomic mass is 32.2. The Morgan fingerprint density at radius 1 is 1.58 bits per heavy atom. The first kappa shape index (κ1) is 14.1. The van der Waals surface area contributed by atoms with Gasteiger partial charge in [0.15, 0.2) is 5.69 Å². The van der Waals surface area contributed by atoms with Gasteiger partial charge in [0.1, 0.15) is 5.69 Å². The highest BCUT2D eigenvalue weighted by Gasteiger charge is 2.20. The third-order valence-corrected chi connectivity index (χ3v) is 4.42. The van der Waals surface area contributed by atoms with Crippen LogP contribution < -0.4 is 0 Å². The molecule has 0 saturated heterocycles. The Bertz CT molecular complexity index is 537. The van der Waals surface area contributed by atoms with Gasteiger partial charge in [0.2, 0.25) is 0 Å². The zero-order valence-corrected chi connectivity index (χ0v) is 12.2. The molecule has 2 aromatic heterocycles. The van der Waals surface area contributed by atoms with E-state index in [0.29, 0.717) is 12.2 Å². The molecule has 0 aliphatic heterocycles. The van der Waals surface area contributed by atoms with Gasteiger partial charge in [0, 0.05) is 6.54 Å². The van der Waals surface area contributed by atoms with Crippen LogP contribution in [0, 0.1) is 0 Å². The summed E-state index contributed by atoms with van der Waals surface area (Å²) in [6.45, 7) is 2.82. The van der Waals surface area contributed by atoms with Crippen molar-refractivity contribution in [3.63, 3.8) is 0 Å². The summed E-state index contributed by atoms with van der Waals surface area (Å²) in [5.74, 6) is 1.11. The lowest BCUT2D eigenvalue weighted by molar-refractivity contribution is 0.0691. The summed E-state index contributed by atoms with van der Waals surface area (Å²) >= 11 is 3.37. The van der Waals surface area contributed by atoms with Gasteiger partial charge in [-0.25, -0.2) is 9.48 Å². The van der Waals surface area contributed by atoms with Crippen molar-refractivity contribution < 1.29 is 9.90 Å². The van der Waals surface area contributed by atoms with Crippen molar-refractivity contribution in [2.24, 2.45) is 0 Å². The first-order chi connectivity index (χ1) is 9.24. The van der Waals surface area contributed by atoms with Gasteiger partial charge in [0.05, 0.1) is 4.88 Å². The van der Waals surface area contributed by atoms with E-state index in [2.05, 4.69) is 17.2 Å². The number of nitrogens with zero attached hydrogens (tertiary/aromatic N) is 3. The molecule has 102 valence electrons. The van der Waals surface area contributed by atoms with Crippen molar-refractivity contribution in [1.29, 1.82) is 0 Å². The van der Waals surface area contributed by atoms with Crippen LogP contribution in [-0.4, -0.2) is 37.6 Å². The molecule has 0 aromatic carbocycles. The van der Waals surface area contributed by atoms with E-state index in [1.165, 1.54) is 11.3 Å². The molecule has 1 N–H and O–H groups in total. The molecular formula is C12H15N3O2S2. The number of carboxylic acid groups (broad SMARTS) is 1. The third-order valence-electron chi connectivity index (χ3n) is 2.55. The number of aromatic nitrogens is 3. The van der Waals surface area contributed by atoms with Crippen molar-refractivity contribution in [2.75, 3.05) is 11.5 Å². The van der Waals surface area contributed by atoms with Crippen LogP contribution in [0.5, 0.6) is 0 Å². The minimum absolute atomic E-state index is 0.0330. The van der Waals surface area contributed by atoms with Gasteiger partial charge in [-0.15, -0.1) is 16.4 Å². The predicted molar refractivity (Wildman–Crippen MR) is 77.9 cm³/mol. The number of thioether (sulfide) groups is 1. The molecule has 0 amide bonds. The Balaban J connectivity index is 2.21. The molecule has 2 heterocycles. The Hall–Kier alpha value is -1.34. The lowest BCUT2D eigenvalue weighted by Gasteiger charge is -2.05. The van der Waals surface area contributed by atoms with Crippen molar-refractivity contribution in [2.45, 2.75) is 19.9 Å². The molecule has 5 nitrogen and oxygen atoms in total. The normalized spacial score (nSPS) is 10.8. The summed E-state index contributed by atoms with van der Waals surface area (Å²) < 4.78 is 1.70. The van der Waals surface area contributed by atoms with Crippen LogP contribution in [0.15, 0.2) is 17.5 Å². The standard InChI is InChI=1S/C12H15N3O2S2/c1-2-18-7-4-6-15-11(9-5-3-8-19-9)10(12(16)17)13-14-15/h3,5,8H,2,4,6-7H2,1H3,(H,16,17). The predicted octanol–water partition coefficient (Wildman–Crippen LogP) is 2.85. The molecule has 19 heavy (non-hydrogen) atoms. The Morgan fingerprint density at radius 3 is 3.05 bits per heavy atom. The molecule has 0 fully saturated rings. The summed E-state index contributed by atoms with van der Waals surface area (Å²) in [6.07, 6.45) is 0.958. The van der Waals surface area contributed by atoms with E-state index in [0.717, 1.165) is 22.8 Å². The molecule has 2 rings (SSSR count). The van der Waals surface area contributed by atoms with Crippen molar-refractivity contribution in [1.82, 2.24) is 15.0 Å². The molecule has 0 saturated carbocycles. The summed E-state index contributed by atoms with van der Waals surface area (Å²) in [7, 11) is 0. The molecule has 0 spiro atoms. The Labute approximate surface area is 119 Å². The van der Waals surface area contributed by atoms with Gasteiger partial charge in [-0.3, -0.25) is 0 Å². The van der Waals surface area contributed by atoms with Crippen LogP contribution in [0.4, 0.5) is 0 Å².